The molecule has 1 aromatic rings. The van der Waals surface area contributed by atoms with Gasteiger partial charge < -0.3 is 25.4 Å². The Labute approximate surface area is 203 Å². The average molecular weight is 476 g/mol. The number of hydrogen-bond donors (Lipinski definition) is 3. The number of amides is 3. The lowest BCUT2D eigenvalue weighted by Crippen LogP contribution is -2.53. The summed E-state index contributed by atoms with van der Waals surface area (Å²) in [7, 11) is 0. The molecule has 0 heterocycles. The fraction of sp³-hybridized carbons (Fsp3) is 0.654. The Hall–Kier alpha value is -2.61. The van der Waals surface area contributed by atoms with Crippen molar-refractivity contribution in [1.82, 2.24) is 15.5 Å². The van der Waals surface area contributed by atoms with Crippen molar-refractivity contribution in [2.45, 2.75) is 97.4 Å². The van der Waals surface area contributed by atoms with E-state index in [0.717, 1.165) is 43.2 Å². The molecule has 2 atom stereocenters. The summed E-state index contributed by atoms with van der Waals surface area (Å²) in [6.07, 6.45) is 4.40. The topological polar surface area (TPSA) is 108 Å². The van der Waals surface area contributed by atoms with Crippen LogP contribution in [-0.2, 0) is 14.3 Å². The Morgan fingerprint density at radius 2 is 1.79 bits per heavy atom. The molecular formula is C26H41N3O5. The lowest BCUT2D eigenvalue weighted by Gasteiger charge is -2.35. The first-order valence-electron chi connectivity index (χ1n) is 12.2. The van der Waals surface area contributed by atoms with Crippen LogP contribution in [0.3, 0.4) is 0 Å². The van der Waals surface area contributed by atoms with E-state index in [1.165, 1.54) is 4.90 Å². The Bertz CT molecular complexity index is 858. The van der Waals surface area contributed by atoms with E-state index in [0.29, 0.717) is 5.56 Å². The van der Waals surface area contributed by atoms with Gasteiger partial charge in [-0.3, -0.25) is 9.59 Å². The number of hydrogen-bond acceptors (Lipinski definition) is 5. The van der Waals surface area contributed by atoms with Gasteiger partial charge in [0.15, 0.2) is 0 Å². The van der Waals surface area contributed by atoms with Crippen molar-refractivity contribution in [3.63, 3.8) is 0 Å². The van der Waals surface area contributed by atoms with Crippen molar-refractivity contribution < 1.29 is 24.2 Å². The third kappa shape index (κ3) is 7.72. The molecule has 1 fully saturated rings. The van der Waals surface area contributed by atoms with Crippen LogP contribution in [0.1, 0.15) is 82.5 Å². The summed E-state index contributed by atoms with van der Waals surface area (Å²) in [4.78, 5) is 40.8. The van der Waals surface area contributed by atoms with Crippen molar-refractivity contribution >= 4 is 17.9 Å². The predicted octanol–water partition coefficient (Wildman–Crippen LogP) is 3.53. The van der Waals surface area contributed by atoms with Gasteiger partial charge in [0.1, 0.15) is 17.7 Å². The van der Waals surface area contributed by atoms with Crippen molar-refractivity contribution in [1.29, 1.82) is 0 Å². The van der Waals surface area contributed by atoms with E-state index >= 15 is 0 Å². The van der Waals surface area contributed by atoms with E-state index in [2.05, 4.69) is 10.6 Å². The number of aliphatic hydroxyl groups excluding tert-OH is 1. The van der Waals surface area contributed by atoms with Crippen LogP contribution in [0.2, 0.25) is 0 Å². The first kappa shape index (κ1) is 27.6. The van der Waals surface area contributed by atoms with Gasteiger partial charge in [0.05, 0.1) is 6.61 Å². The van der Waals surface area contributed by atoms with Crippen LogP contribution >= 0.6 is 0 Å². The van der Waals surface area contributed by atoms with E-state index in [9.17, 15) is 19.5 Å². The third-order valence-corrected chi connectivity index (χ3v) is 6.18. The first-order valence-corrected chi connectivity index (χ1v) is 12.2. The van der Waals surface area contributed by atoms with Gasteiger partial charge in [-0.15, -0.1) is 0 Å². The molecule has 0 spiro atoms. The van der Waals surface area contributed by atoms with Gasteiger partial charge >= 0.3 is 6.09 Å². The second-order valence-electron chi connectivity index (χ2n) is 10.2. The van der Waals surface area contributed by atoms with Crippen LogP contribution in [-0.4, -0.2) is 58.8 Å². The molecule has 8 heteroatoms. The fourth-order valence-electron chi connectivity index (χ4n) is 4.32. The Kier molecular flexibility index (Phi) is 9.91. The van der Waals surface area contributed by atoms with Gasteiger partial charge in [0.25, 0.3) is 0 Å². The predicted molar refractivity (Wildman–Crippen MR) is 131 cm³/mol. The quantitative estimate of drug-likeness (QED) is 0.533. The van der Waals surface area contributed by atoms with Crippen molar-refractivity contribution in [2.75, 3.05) is 13.2 Å². The van der Waals surface area contributed by atoms with Gasteiger partial charge in [-0.25, -0.2) is 4.79 Å². The minimum atomic E-state index is -0.948. The number of carbonyl (C=O) groups excluding carboxylic acids is 3. The van der Waals surface area contributed by atoms with Crippen LogP contribution in [0, 0.1) is 13.8 Å². The molecule has 3 N–H and O–H groups in total. The van der Waals surface area contributed by atoms with E-state index in [4.69, 9.17) is 4.74 Å². The second kappa shape index (κ2) is 12.2. The lowest BCUT2D eigenvalue weighted by atomic mass is 9.92. The minimum absolute atomic E-state index is 0.0463. The van der Waals surface area contributed by atoms with Crippen molar-refractivity contribution in [2.24, 2.45) is 0 Å². The summed E-state index contributed by atoms with van der Waals surface area (Å²) < 4.78 is 5.28. The smallest absolute Gasteiger partial charge is 0.408 e. The van der Waals surface area contributed by atoms with Gasteiger partial charge in [-0.1, -0.05) is 37.5 Å². The molecule has 1 aromatic carbocycles. The molecule has 1 aliphatic carbocycles. The van der Waals surface area contributed by atoms with Crippen LogP contribution < -0.4 is 10.6 Å². The highest BCUT2D eigenvalue weighted by Crippen LogP contribution is 2.28. The zero-order valence-electron chi connectivity index (χ0n) is 21.4. The molecular weight excluding hydrogens is 434 g/mol. The summed E-state index contributed by atoms with van der Waals surface area (Å²) in [5, 5.41) is 15.5. The molecule has 0 bridgehead atoms. The van der Waals surface area contributed by atoms with Crippen LogP contribution in [0.25, 0.3) is 0 Å². The SMILES string of the molecule is Cc1cccc(C(C(=O)NC2CCCCC2)N(CCO)C(=O)C(C)NC(=O)OC(C)(C)C)c1C. The van der Waals surface area contributed by atoms with Crippen molar-refractivity contribution in [3.8, 4) is 0 Å². The van der Waals surface area contributed by atoms with E-state index in [-0.39, 0.29) is 25.1 Å². The number of benzene rings is 1. The van der Waals surface area contributed by atoms with Crippen LogP contribution in [0.15, 0.2) is 18.2 Å². The first-order chi connectivity index (χ1) is 15.9. The number of alkyl carbamates (subject to hydrolysis) is 1. The van der Waals surface area contributed by atoms with E-state index in [1.807, 2.05) is 32.0 Å². The number of aryl methyl sites for hydroxylation is 1. The molecule has 0 radical (unpaired) electrons. The number of rotatable bonds is 8. The molecule has 2 rings (SSSR count). The van der Waals surface area contributed by atoms with Gasteiger partial charge in [0.2, 0.25) is 11.8 Å². The highest BCUT2D eigenvalue weighted by Gasteiger charge is 2.36. The van der Waals surface area contributed by atoms with E-state index < -0.39 is 29.7 Å². The normalized spacial score (nSPS) is 16.3. The van der Waals surface area contributed by atoms with Crippen LogP contribution in [0.5, 0.6) is 0 Å². The maximum absolute atomic E-state index is 13.6. The number of nitrogens with zero attached hydrogens (tertiary/aromatic N) is 1. The molecule has 190 valence electrons. The number of ether oxygens (including phenoxy) is 1. The Balaban J connectivity index is 2.36. The largest absolute Gasteiger partial charge is 0.444 e. The summed E-state index contributed by atoms with van der Waals surface area (Å²) in [5.41, 5.74) is 1.91. The monoisotopic (exact) mass is 475 g/mol. The number of carbonyl (C=O) groups is 3. The lowest BCUT2D eigenvalue weighted by molar-refractivity contribution is -0.143. The van der Waals surface area contributed by atoms with Gasteiger partial charge in [-0.2, -0.15) is 0 Å². The molecule has 0 aliphatic heterocycles. The molecule has 34 heavy (non-hydrogen) atoms. The molecule has 1 aliphatic rings. The molecule has 2 unspecified atom stereocenters. The summed E-state index contributed by atoms with van der Waals surface area (Å²) >= 11 is 0. The highest BCUT2D eigenvalue weighted by molar-refractivity contribution is 5.92. The molecule has 8 nitrogen and oxygen atoms in total. The Morgan fingerprint density at radius 1 is 1.15 bits per heavy atom. The molecule has 1 saturated carbocycles. The van der Waals surface area contributed by atoms with Crippen molar-refractivity contribution in [3.05, 3.63) is 34.9 Å². The average Bonchev–Trinajstić information content (AvgIpc) is 2.75. The zero-order chi connectivity index (χ0) is 25.5. The molecule has 0 aromatic heterocycles. The number of aliphatic hydroxyl groups is 1. The summed E-state index contributed by atoms with van der Waals surface area (Å²) in [6, 6.07) is 3.86. The second-order valence-corrected chi connectivity index (χ2v) is 10.2. The summed E-state index contributed by atoms with van der Waals surface area (Å²) in [6.45, 7) is 10.3. The van der Waals surface area contributed by atoms with Gasteiger partial charge in [0, 0.05) is 12.6 Å². The minimum Gasteiger partial charge on any atom is -0.444 e. The third-order valence-electron chi connectivity index (χ3n) is 6.18. The van der Waals surface area contributed by atoms with Crippen LogP contribution in [0.4, 0.5) is 4.79 Å². The highest BCUT2D eigenvalue weighted by atomic mass is 16.6. The molecule has 3 amide bonds. The summed E-state index contributed by atoms with van der Waals surface area (Å²) in [5.74, 6) is -0.739. The Morgan fingerprint density at radius 3 is 2.38 bits per heavy atom. The maximum atomic E-state index is 13.6. The molecule has 0 saturated heterocycles. The zero-order valence-corrected chi connectivity index (χ0v) is 21.4. The number of nitrogens with one attached hydrogen (secondary N) is 2. The van der Waals surface area contributed by atoms with E-state index in [1.54, 1.807) is 27.7 Å². The van der Waals surface area contributed by atoms with Gasteiger partial charge in [-0.05, 0) is 71.1 Å². The standard InChI is InChI=1S/C26H41N3O5/c1-17-11-10-14-21(18(17)2)22(23(31)28-20-12-8-7-9-13-20)29(15-16-30)24(32)19(3)27-25(33)34-26(4,5)6/h10-11,14,19-20,22,30H,7-9,12-13,15-16H2,1-6H3,(H,27,33)(H,28,31). The fourth-order valence-corrected chi connectivity index (χ4v) is 4.32. The maximum Gasteiger partial charge on any atom is 0.408 e.